The predicted molar refractivity (Wildman–Crippen MR) is 143 cm³/mol. The van der Waals surface area contributed by atoms with Gasteiger partial charge >= 0.3 is 10.2 Å². The van der Waals surface area contributed by atoms with Crippen LogP contribution >= 0.6 is 0 Å². The molecule has 0 spiro atoms. The summed E-state index contributed by atoms with van der Waals surface area (Å²) in [7, 11) is -3.84. The Balaban J connectivity index is 1.22. The number of fused-ring (bicyclic) bond motifs is 1. The van der Waals surface area contributed by atoms with E-state index in [9.17, 15) is 18.3 Å². The fourth-order valence-corrected chi connectivity index (χ4v) is 5.65. The largest absolute Gasteiger partial charge is 0.486 e. The van der Waals surface area contributed by atoms with E-state index in [1.54, 1.807) is 56.4 Å². The molecule has 0 bridgehead atoms. The lowest BCUT2D eigenvalue weighted by Gasteiger charge is -2.24. The van der Waals surface area contributed by atoms with E-state index in [1.165, 1.54) is 0 Å². The van der Waals surface area contributed by atoms with Crippen molar-refractivity contribution in [3.63, 3.8) is 0 Å². The Morgan fingerprint density at radius 1 is 1.08 bits per heavy atom. The molecule has 1 amide bonds. The standard InChI is InChI=1S/C28H31N3O7S/c1-28(2,33)14-15-36-27-13-10-20(17-29-27)38-24-5-3-4-21-22(24)11-12-25(21)37-19-8-6-18(7-9-19)23-16-26(32)31-39(34,35)30-23/h3-10,13,17,23,25,30,33H,11-12,14-16H2,1-2H3,(H,31,32)/t23?,25-/m1/s1. The number of hydrogen-bond donors (Lipinski definition) is 3. The van der Waals surface area contributed by atoms with Gasteiger partial charge in [-0.1, -0.05) is 24.3 Å². The summed E-state index contributed by atoms with van der Waals surface area (Å²) >= 11 is 0. The maximum absolute atomic E-state index is 11.8. The van der Waals surface area contributed by atoms with Gasteiger partial charge in [-0.15, -0.1) is 0 Å². The zero-order valence-electron chi connectivity index (χ0n) is 21.7. The Kier molecular flexibility index (Phi) is 7.48. The number of ether oxygens (including phenoxy) is 3. The van der Waals surface area contributed by atoms with Crippen LogP contribution in [0.3, 0.4) is 0 Å². The number of aliphatic hydroxyl groups is 1. The zero-order valence-corrected chi connectivity index (χ0v) is 22.5. The SMILES string of the molecule is CC(C)(O)CCOc1ccc(Oc2cccc3c2CC[C@H]3Oc2ccc(C3CC(=O)NS(=O)(=O)N3)cc2)cn1. The highest BCUT2D eigenvalue weighted by Gasteiger charge is 2.30. The predicted octanol–water partition coefficient (Wildman–Crippen LogP) is 3.88. The summed E-state index contributed by atoms with van der Waals surface area (Å²) < 4.78 is 46.0. The van der Waals surface area contributed by atoms with Crippen LogP contribution in [0.4, 0.5) is 0 Å². The zero-order chi connectivity index (χ0) is 27.6. The minimum absolute atomic E-state index is 0.0333. The number of nitrogens with one attached hydrogen (secondary N) is 2. The maximum atomic E-state index is 11.8. The number of rotatable bonds is 9. The monoisotopic (exact) mass is 553 g/mol. The number of carbonyl (C=O) groups is 1. The quantitative estimate of drug-likeness (QED) is 0.363. The van der Waals surface area contributed by atoms with Gasteiger partial charge in [-0.05, 0) is 62.1 Å². The molecule has 39 heavy (non-hydrogen) atoms. The molecule has 3 N–H and O–H groups in total. The number of carbonyl (C=O) groups excluding carboxylic acids is 1. The fraction of sp³-hybridized carbons (Fsp3) is 0.357. The molecule has 1 unspecified atom stereocenters. The lowest BCUT2D eigenvalue weighted by Crippen LogP contribution is -2.48. The Hall–Kier alpha value is -3.67. The summed E-state index contributed by atoms with van der Waals surface area (Å²) in [6.45, 7) is 3.83. The van der Waals surface area contributed by atoms with Crippen LogP contribution < -0.4 is 23.7 Å². The summed E-state index contributed by atoms with van der Waals surface area (Å²) in [4.78, 5) is 16.0. The molecule has 2 atom stereocenters. The molecule has 1 aromatic heterocycles. The van der Waals surface area contributed by atoms with Crippen LogP contribution in [0.5, 0.6) is 23.1 Å². The Morgan fingerprint density at radius 3 is 2.54 bits per heavy atom. The van der Waals surface area contributed by atoms with Gasteiger partial charge in [0.05, 0.1) is 24.4 Å². The third-order valence-electron chi connectivity index (χ3n) is 6.57. The number of benzene rings is 2. The van der Waals surface area contributed by atoms with Crippen molar-refractivity contribution in [2.75, 3.05) is 6.61 Å². The molecule has 2 aliphatic rings. The highest BCUT2D eigenvalue weighted by atomic mass is 32.2. The second-order valence-corrected chi connectivity index (χ2v) is 11.7. The van der Waals surface area contributed by atoms with Gasteiger partial charge in [0.1, 0.15) is 23.4 Å². The first-order chi connectivity index (χ1) is 18.5. The molecule has 3 aromatic rings. The highest BCUT2D eigenvalue weighted by Crippen LogP contribution is 2.41. The first-order valence-electron chi connectivity index (χ1n) is 12.7. The van der Waals surface area contributed by atoms with Crippen molar-refractivity contribution >= 4 is 16.1 Å². The molecule has 2 heterocycles. The topological polar surface area (TPSA) is 136 Å². The summed E-state index contributed by atoms with van der Waals surface area (Å²) in [5.41, 5.74) is 2.02. The van der Waals surface area contributed by atoms with E-state index in [4.69, 9.17) is 14.2 Å². The lowest BCUT2D eigenvalue weighted by molar-refractivity contribution is -0.120. The molecule has 10 nitrogen and oxygen atoms in total. The fourth-order valence-electron chi connectivity index (χ4n) is 4.61. The van der Waals surface area contributed by atoms with Crippen LogP contribution in [-0.2, 0) is 21.4 Å². The van der Waals surface area contributed by atoms with Crippen LogP contribution in [0.1, 0.15) is 61.9 Å². The van der Waals surface area contributed by atoms with E-state index < -0.39 is 27.8 Å². The molecule has 1 aliphatic carbocycles. The summed E-state index contributed by atoms with van der Waals surface area (Å²) in [5, 5.41) is 9.80. The highest BCUT2D eigenvalue weighted by molar-refractivity contribution is 7.88. The molecule has 11 heteroatoms. The third kappa shape index (κ3) is 6.86. The summed E-state index contributed by atoms with van der Waals surface area (Å²) in [6, 6.07) is 15.9. The van der Waals surface area contributed by atoms with Gasteiger partial charge in [0.2, 0.25) is 11.8 Å². The second-order valence-electron chi connectivity index (χ2n) is 10.3. The van der Waals surface area contributed by atoms with Gasteiger partial charge in [-0.3, -0.25) is 4.79 Å². The van der Waals surface area contributed by atoms with Gasteiger partial charge in [0.15, 0.2) is 0 Å². The van der Waals surface area contributed by atoms with E-state index in [2.05, 4.69) is 9.71 Å². The van der Waals surface area contributed by atoms with Crippen molar-refractivity contribution in [2.24, 2.45) is 0 Å². The van der Waals surface area contributed by atoms with E-state index in [1.807, 2.05) is 22.9 Å². The average Bonchev–Trinajstić information content (AvgIpc) is 3.27. The van der Waals surface area contributed by atoms with Gasteiger partial charge in [-0.25, -0.2) is 9.71 Å². The molecule has 5 rings (SSSR count). The summed E-state index contributed by atoms with van der Waals surface area (Å²) in [5.74, 6) is 1.91. The van der Waals surface area contributed by atoms with Crippen LogP contribution in [0.25, 0.3) is 0 Å². The smallest absolute Gasteiger partial charge is 0.301 e. The van der Waals surface area contributed by atoms with Crippen LogP contribution in [0.15, 0.2) is 60.8 Å². The minimum atomic E-state index is -3.84. The van der Waals surface area contributed by atoms with Crippen molar-refractivity contribution in [3.8, 4) is 23.1 Å². The number of pyridine rings is 1. The first kappa shape index (κ1) is 26.9. The number of nitrogens with zero attached hydrogens (tertiary/aromatic N) is 1. The Morgan fingerprint density at radius 2 is 1.85 bits per heavy atom. The van der Waals surface area contributed by atoms with Crippen LogP contribution in [0.2, 0.25) is 0 Å². The Bertz CT molecular complexity index is 1440. The Labute approximate surface area is 227 Å². The van der Waals surface area contributed by atoms with E-state index in [0.29, 0.717) is 36.0 Å². The van der Waals surface area contributed by atoms with E-state index in [-0.39, 0.29) is 12.5 Å². The molecule has 0 radical (unpaired) electrons. The van der Waals surface area contributed by atoms with E-state index in [0.717, 1.165) is 29.7 Å². The molecular formula is C28H31N3O7S. The third-order valence-corrected chi connectivity index (χ3v) is 7.66. The van der Waals surface area contributed by atoms with Gasteiger partial charge in [0, 0.05) is 24.5 Å². The molecule has 0 saturated carbocycles. The molecule has 2 aromatic carbocycles. The van der Waals surface area contributed by atoms with Crippen molar-refractivity contribution in [1.29, 1.82) is 0 Å². The molecule has 1 fully saturated rings. The van der Waals surface area contributed by atoms with Crippen molar-refractivity contribution < 1.29 is 32.5 Å². The van der Waals surface area contributed by atoms with E-state index >= 15 is 0 Å². The van der Waals surface area contributed by atoms with Crippen molar-refractivity contribution in [3.05, 3.63) is 77.5 Å². The van der Waals surface area contributed by atoms with Gasteiger partial charge in [0.25, 0.3) is 0 Å². The average molecular weight is 554 g/mol. The molecule has 1 saturated heterocycles. The van der Waals surface area contributed by atoms with Crippen molar-refractivity contribution in [2.45, 2.75) is 57.3 Å². The number of amides is 1. The number of hydrogen-bond acceptors (Lipinski definition) is 8. The molecule has 206 valence electrons. The molecule has 1 aliphatic heterocycles. The second kappa shape index (κ2) is 10.8. The van der Waals surface area contributed by atoms with Gasteiger partial charge < -0.3 is 19.3 Å². The first-order valence-corrected chi connectivity index (χ1v) is 14.2. The molecular weight excluding hydrogens is 522 g/mol. The minimum Gasteiger partial charge on any atom is -0.486 e. The normalized spacial score (nSPS) is 20.1. The van der Waals surface area contributed by atoms with Crippen LogP contribution in [0, 0.1) is 0 Å². The maximum Gasteiger partial charge on any atom is 0.301 e. The van der Waals surface area contributed by atoms with Crippen molar-refractivity contribution in [1.82, 2.24) is 14.4 Å². The summed E-state index contributed by atoms with van der Waals surface area (Å²) in [6.07, 6.45) is 3.56. The van der Waals surface area contributed by atoms with Crippen LogP contribution in [-0.4, -0.2) is 36.6 Å². The lowest BCUT2D eigenvalue weighted by atomic mass is 10.0. The van der Waals surface area contributed by atoms with Gasteiger partial charge in [-0.2, -0.15) is 13.1 Å². The number of aromatic nitrogens is 1.